The molecule has 0 radical (unpaired) electrons. The van der Waals surface area contributed by atoms with E-state index in [0.717, 1.165) is 6.42 Å². The van der Waals surface area contributed by atoms with Crippen LogP contribution < -0.4 is 26.2 Å². The molecule has 0 aliphatic heterocycles. The number of methoxy groups -OCH3 is 1. The highest BCUT2D eigenvalue weighted by molar-refractivity contribution is 5.80. The summed E-state index contributed by atoms with van der Waals surface area (Å²) in [5.41, 5.74) is 2.32. The minimum Gasteiger partial charge on any atom is -0.467 e. The van der Waals surface area contributed by atoms with Gasteiger partial charge in [-0.1, -0.05) is 6.92 Å². The molecule has 0 saturated carbocycles. The average molecular weight is 269 g/mol. The van der Waals surface area contributed by atoms with Crippen molar-refractivity contribution in [2.45, 2.75) is 13.3 Å². The number of carbonyl (C=O) groups excluding carboxylic acids is 1. The number of nitrogens with one attached hydrogen (secondary N) is 2. The number of carbonyl (C=O) groups is 1. The first-order valence-corrected chi connectivity index (χ1v) is 5.85. The smallest absolute Gasteiger partial charge is 0.322 e. The monoisotopic (exact) mass is 269 g/mol. The maximum atomic E-state index is 11.6. The van der Waals surface area contributed by atoms with Gasteiger partial charge in [0.15, 0.2) is 0 Å². The molecule has 0 bridgehead atoms. The molecule has 0 spiro atoms. The first-order chi connectivity index (χ1) is 9.10. The Morgan fingerprint density at radius 2 is 2.16 bits per heavy atom. The van der Waals surface area contributed by atoms with Crippen molar-refractivity contribution in [3.63, 3.8) is 0 Å². The number of aromatic nitrogens is 3. The fraction of sp³-hybridized carbons (Fsp3) is 0.600. The van der Waals surface area contributed by atoms with Gasteiger partial charge in [0, 0.05) is 13.6 Å². The van der Waals surface area contributed by atoms with E-state index in [4.69, 9.17) is 10.6 Å². The number of amides is 1. The summed E-state index contributed by atoms with van der Waals surface area (Å²) in [4.78, 5) is 25.1. The molecule has 0 unspecified atom stereocenters. The van der Waals surface area contributed by atoms with Gasteiger partial charge in [-0.25, -0.2) is 5.84 Å². The van der Waals surface area contributed by atoms with Crippen molar-refractivity contribution in [1.82, 2.24) is 20.3 Å². The molecule has 1 heterocycles. The largest absolute Gasteiger partial charge is 0.467 e. The average Bonchev–Trinajstić information content (AvgIpc) is 2.44. The fourth-order valence-corrected chi connectivity index (χ4v) is 1.28. The lowest BCUT2D eigenvalue weighted by molar-refractivity contribution is -0.119. The number of hydrogen-bond donors (Lipinski definition) is 3. The number of ether oxygens (including phenoxy) is 1. The topological polar surface area (TPSA) is 118 Å². The molecule has 0 saturated heterocycles. The first-order valence-electron chi connectivity index (χ1n) is 5.85. The summed E-state index contributed by atoms with van der Waals surface area (Å²) in [6.07, 6.45) is 0.885. The van der Waals surface area contributed by atoms with Gasteiger partial charge in [0.05, 0.1) is 13.7 Å². The molecule has 1 rings (SSSR count). The van der Waals surface area contributed by atoms with E-state index >= 15 is 0 Å². The number of nitrogen functional groups attached to an aromatic ring is 1. The van der Waals surface area contributed by atoms with Crippen molar-refractivity contribution in [1.29, 1.82) is 0 Å². The van der Waals surface area contributed by atoms with Crippen LogP contribution in [0.5, 0.6) is 6.01 Å². The Morgan fingerprint density at radius 3 is 2.74 bits per heavy atom. The van der Waals surface area contributed by atoms with Gasteiger partial charge in [-0.05, 0) is 6.42 Å². The van der Waals surface area contributed by atoms with Gasteiger partial charge < -0.3 is 15.0 Å². The third-order valence-electron chi connectivity index (χ3n) is 2.21. The lowest BCUT2D eigenvalue weighted by Gasteiger charge is -2.17. The minimum absolute atomic E-state index is 0.106. The molecule has 19 heavy (non-hydrogen) atoms. The number of nitrogens with zero attached hydrogens (tertiary/aromatic N) is 4. The number of anilines is 2. The quantitative estimate of drug-likeness (QED) is 0.432. The van der Waals surface area contributed by atoms with E-state index in [-0.39, 0.29) is 24.4 Å². The van der Waals surface area contributed by atoms with Gasteiger partial charge in [0.1, 0.15) is 0 Å². The van der Waals surface area contributed by atoms with Crippen molar-refractivity contribution in [2.24, 2.45) is 5.84 Å². The minimum atomic E-state index is -0.106. The van der Waals surface area contributed by atoms with Crippen molar-refractivity contribution in [3.05, 3.63) is 0 Å². The number of likely N-dealkylation sites (N-methyl/N-ethyl adjacent to an activating group) is 1. The molecular formula is C10H19N7O2. The van der Waals surface area contributed by atoms with Crippen molar-refractivity contribution >= 4 is 17.8 Å². The Labute approximate surface area is 111 Å². The summed E-state index contributed by atoms with van der Waals surface area (Å²) >= 11 is 0. The van der Waals surface area contributed by atoms with Gasteiger partial charge >= 0.3 is 6.01 Å². The highest BCUT2D eigenvalue weighted by atomic mass is 16.5. The Bertz CT molecular complexity index is 404. The second-order valence-electron chi connectivity index (χ2n) is 3.80. The van der Waals surface area contributed by atoms with Crippen molar-refractivity contribution < 1.29 is 9.53 Å². The van der Waals surface area contributed by atoms with Crippen LogP contribution in [0.3, 0.4) is 0 Å². The van der Waals surface area contributed by atoms with Crippen LogP contribution in [0.25, 0.3) is 0 Å². The lowest BCUT2D eigenvalue weighted by Crippen LogP contribution is -2.36. The van der Waals surface area contributed by atoms with Crippen LogP contribution in [0.4, 0.5) is 11.9 Å². The molecule has 4 N–H and O–H groups in total. The summed E-state index contributed by atoms with van der Waals surface area (Å²) in [7, 11) is 3.13. The Kier molecular flexibility index (Phi) is 5.73. The van der Waals surface area contributed by atoms with Crippen LogP contribution in [0.1, 0.15) is 13.3 Å². The third-order valence-corrected chi connectivity index (χ3v) is 2.21. The predicted octanol–water partition coefficient (Wildman–Crippen LogP) is -0.872. The number of nitrogens with two attached hydrogens (primary N) is 1. The normalized spacial score (nSPS) is 9.89. The fourth-order valence-electron chi connectivity index (χ4n) is 1.28. The van der Waals surface area contributed by atoms with E-state index in [1.165, 1.54) is 7.11 Å². The molecule has 0 fully saturated rings. The SMILES string of the molecule is CCCNC(=O)CN(C)c1nc(NN)nc(OC)n1. The van der Waals surface area contributed by atoms with E-state index in [1.807, 2.05) is 6.92 Å². The molecule has 1 aromatic heterocycles. The predicted molar refractivity (Wildman–Crippen MR) is 70.8 cm³/mol. The van der Waals surface area contributed by atoms with E-state index in [0.29, 0.717) is 12.5 Å². The lowest BCUT2D eigenvalue weighted by atomic mass is 10.4. The second kappa shape index (κ2) is 7.31. The van der Waals surface area contributed by atoms with E-state index in [9.17, 15) is 4.79 Å². The summed E-state index contributed by atoms with van der Waals surface area (Å²) < 4.78 is 4.93. The number of hydrogen-bond acceptors (Lipinski definition) is 8. The molecule has 0 atom stereocenters. The molecule has 0 aromatic carbocycles. The summed E-state index contributed by atoms with van der Waals surface area (Å²) in [6.45, 7) is 2.76. The third kappa shape index (κ3) is 4.54. The second-order valence-corrected chi connectivity index (χ2v) is 3.80. The zero-order valence-electron chi connectivity index (χ0n) is 11.3. The van der Waals surface area contributed by atoms with Crippen LogP contribution in [-0.2, 0) is 4.79 Å². The highest BCUT2D eigenvalue weighted by Gasteiger charge is 2.13. The molecule has 1 amide bonds. The van der Waals surface area contributed by atoms with E-state index < -0.39 is 0 Å². The van der Waals surface area contributed by atoms with Crippen LogP contribution in [0.15, 0.2) is 0 Å². The van der Waals surface area contributed by atoms with Crippen LogP contribution in [0, 0.1) is 0 Å². The number of hydrazine groups is 1. The van der Waals surface area contributed by atoms with Gasteiger partial charge in [-0.2, -0.15) is 15.0 Å². The molecule has 9 nitrogen and oxygen atoms in total. The zero-order chi connectivity index (χ0) is 14.3. The Balaban J connectivity index is 2.75. The molecular weight excluding hydrogens is 250 g/mol. The van der Waals surface area contributed by atoms with Gasteiger partial charge in [0.2, 0.25) is 17.8 Å². The molecule has 0 aliphatic carbocycles. The summed E-state index contributed by atoms with van der Waals surface area (Å²) in [6, 6.07) is 0.124. The summed E-state index contributed by atoms with van der Waals surface area (Å²) in [5, 5.41) is 2.77. The Morgan fingerprint density at radius 1 is 1.42 bits per heavy atom. The zero-order valence-corrected chi connectivity index (χ0v) is 11.3. The van der Waals surface area contributed by atoms with Crippen molar-refractivity contribution in [2.75, 3.05) is 37.6 Å². The highest BCUT2D eigenvalue weighted by Crippen LogP contribution is 2.12. The van der Waals surface area contributed by atoms with E-state index in [1.54, 1.807) is 11.9 Å². The van der Waals surface area contributed by atoms with E-state index in [2.05, 4.69) is 25.7 Å². The molecule has 0 aliphatic rings. The standard InChI is InChI=1S/C10H19N7O2/c1-4-5-12-7(18)6-17(2)9-13-8(16-11)14-10(15-9)19-3/h4-6,11H2,1-3H3,(H,12,18)(H,13,14,15,16). The van der Waals surface area contributed by atoms with Gasteiger partial charge in [0.25, 0.3) is 0 Å². The maximum absolute atomic E-state index is 11.6. The molecule has 106 valence electrons. The van der Waals surface area contributed by atoms with Crippen LogP contribution >= 0.6 is 0 Å². The Hall–Kier alpha value is -2.16. The number of rotatable bonds is 7. The maximum Gasteiger partial charge on any atom is 0.322 e. The van der Waals surface area contributed by atoms with Gasteiger partial charge in [-0.15, -0.1) is 0 Å². The molecule has 1 aromatic rings. The van der Waals surface area contributed by atoms with Crippen LogP contribution in [-0.4, -0.2) is 48.1 Å². The summed E-state index contributed by atoms with van der Waals surface area (Å²) in [5.74, 6) is 5.61. The van der Waals surface area contributed by atoms with Crippen molar-refractivity contribution in [3.8, 4) is 6.01 Å². The van der Waals surface area contributed by atoms with Crippen LogP contribution in [0.2, 0.25) is 0 Å². The van der Waals surface area contributed by atoms with Gasteiger partial charge in [-0.3, -0.25) is 10.2 Å². The molecule has 9 heteroatoms. The first kappa shape index (κ1) is 14.9.